The molecule has 0 bridgehead atoms. The van der Waals surface area contributed by atoms with Crippen LogP contribution in [0.2, 0.25) is 0 Å². The first kappa shape index (κ1) is 15.3. The number of carbonyl (C=O) groups is 1. The molecule has 1 amide bonds. The summed E-state index contributed by atoms with van der Waals surface area (Å²) in [5.41, 5.74) is 1.76. The molecule has 1 atom stereocenters. The highest BCUT2D eigenvalue weighted by molar-refractivity contribution is 6.21. The van der Waals surface area contributed by atoms with E-state index in [9.17, 15) is 9.18 Å². The molecule has 0 aromatic heterocycles. The van der Waals surface area contributed by atoms with Crippen molar-refractivity contribution in [3.05, 3.63) is 59.4 Å². The van der Waals surface area contributed by atoms with Crippen LogP contribution in [0.4, 0.5) is 10.1 Å². The van der Waals surface area contributed by atoms with Gasteiger partial charge in [-0.25, -0.2) is 4.39 Å². The van der Waals surface area contributed by atoms with Crippen LogP contribution in [-0.4, -0.2) is 13.0 Å². The van der Waals surface area contributed by atoms with Gasteiger partial charge in [0.25, 0.3) is 5.91 Å². The Labute approximate surface area is 127 Å². The van der Waals surface area contributed by atoms with Gasteiger partial charge in [-0.1, -0.05) is 18.2 Å². The largest absolute Gasteiger partial charge is 0.494 e. The second kappa shape index (κ2) is 6.59. The highest BCUT2D eigenvalue weighted by Gasteiger charge is 2.13. The van der Waals surface area contributed by atoms with Gasteiger partial charge in [0.2, 0.25) is 0 Å². The van der Waals surface area contributed by atoms with Crippen molar-refractivity contribution in [1.82, 2.24) is 0 Å². The fraction of sp³-hybridized carbons (Fsp3) is 0.188. The number of rotatable bonds is 4. The summed E-state index contributed by atoms with van der Waals surface area (Å²) in [5.74, 6) is -0.830. The predicted molar refractivity (Wildman–Crippen MR) is 81.6 cm³/mol. The Morgan fingerprint density at radius 2 is 2.00 bits per heavy atom. The summed E-state index contributed by atoms with van der Waals surface area (Å²) < 4.78 is 18.2. The van der Waals surface area contributed by atoms with E-state index in [1.807, 2.05) is 25.1 Å². The molecule has 0 fully saturated rings. The third-order valence-corrected chi connectivity index (χ3v) is 3.29. The summed E-state index contributed by atoms with van der Waals surface area (Å²) in [6, 6.07) is 11.2. The van der Waals surface area contributed by atoms with Crippen LogP contribution in [0.25, 0.3) is 0 Å². The van der Waals surface area contributed by atoms with Crippen LogP contribution in [0, 0.1) is 5.82 Å². The van der Waals surface area contributed by atoms with E-state index in [0.717, 1.165) is 5.56 Å². The predicted octanol–water partition coefficient (Wildman–Crippen LogP) is 4.39. The van der Waals surface area contributed by atoms with E-state index in [0.29, 0.717) is 11.3 Å². The molecule has 0 aliphatic rings. The zero-order valence-corrected chi connectivity index (χ0v) is 12.4. The van der Waals surface area contributed by atoms with Crippen LogP contribution in [0.3, 0.4) is 0 Å². The first-order valence-electron chi connectivity index (χ1n) is 6.41. The average Bonchev–Trinajstić information content (AvgIpc) is 2.48. The van der Waals surface area contributed by atoms with Gasteiger partial charge in [0, 0.05) is 11.3 Å². The van der Waals surface area contributed by atoms with E-state index in [-0.39, 0.29) is 17.0 Å². The molecule has 2 aromatic rings. The normalized spacial score (nSPS) is 11.8. The first-order chi connectivity index (χ1) is 10.0. The first-order valence-corrected chi connectivity index (χ1v) is 6.84. The summed E-state index contributed by atoms with van der Waals surface area (Å²) in [5, 5.41) is 2.55. The summed E-state index contributed by atoms with van der Waals surface area (Å²) in [6.07, 6.45) is 0. The van der Waals surface area contributed by atoms with Gasteiger partial charge in [-0.15, -0.1) is 11.6 Å². The molecule has 0 radical (unpaired) electrons. The molecule has 1 N–H and O–H groups in total. The van der Waals surface area contributed by atoms with E-state index < -0.39 is 5.82 Å². The van der Waals surface area contributed by atoms with E-state index in [2.05, 4.69) is 5.32 Å². The lowest BCUT2D eigenvalue weighted by molar-refractivity contribution is 0.102. The molecule has 110 valence electrons. The summed E-state index contributed by atoms with van der Waals surface area (Å²) in [4.78, 5) is 12.2. The summed E-state index contributed by atoms with van der Waals surface area (Å²) in [7, 11) is 1.35. The number of carbonyl (C=O) groups excluding carboxylic acids is 1. The molecule has 3 nitrogen and oxygen atoms in total. The van der Waals surface area contributed by atoms with E-state index in [1.54, 1.807) is 6.07 Å². The summed E-state index contributed by atoms with van der Waals surface area (Å²) >= 11 is 6.09. The van der Waals surface area contributed by atoms with Gasteiger partial charge in [0.1, 0.15) is 0 Å². The molecule has 0 heterocycles. The van der Waals surface area contributed by atoms with Gasteiger partial charge < -0.3 is 10.1 Å². The molecule has 5 heteroatoms. The molecule has 1 unspecified atom stereocenters. The lowest BCUT2D eigenvalue weighted by Crippen LogP contribution is -2.13. The quantitative estimate of drug-likeness (QED) is 0.851. The molecule has 0 aliphatic carbocycles. The number of amides is 1. The smallest absolute Gasteiger partial charge is 0.255 e. The molecular weight excluding hydrogens is 293 g/mol. The van der Waals surface area contributed by atoms with Crippen molar-refractivity contribution in [3.8, 4) is 5.75 Å². The SMILES string of the molecule is COc1cc(C(=O)Nc2ccccc2C(C)Cl)ccc1F. The van der Waals surface area contributed by atoms with Crippen LogP contribution >= 0.6 is 11.6 Å². The van der Waals surface area contributed by atoms with Gasteiger partial charge in [-0.05, 0) is 36.8 Å². The Balaban J connectivity index is 2.26. The number of nitrogens with one attached hydrogen (secondary N) is 1. The van der Waals surface area contributed by atoms with Crippen LogP contribution < -0.4 is 10.1 Å². The van der Waals surface area contributed by atoms with Gasteiger partial charge >= 0.3 is 0 Å². The molecule has 0 spiro atoms. The van der Waals surface area contributed by atoms with E-state index in [1.165, 1.54) is 25.3 Å². The van der Waals surface area contributed by atoms with Gasteiger partial charge in [0.15, 0.2) is 11.6 Å². The second-order valence-corrected chi connectivity index (χ2v) is 5.16. The minimum absolute atomic E-state index is 0.0293. The number of alkyl halides is 1. The number of para-hydroxylation sites is 1. The maximum Gasteiger partial charge on any atom is 0.255 e. The lowest BCUT2D eigenvalue weighted by atomic mass is 10.1. The highest BCUT2D eigenvalue weighted by Crippen LogP contribution is 2.27. The van der Waals surface area contributed by atoms with Gasteiger partial charge in [-0.2, -0.15) is 0 Å². The lowest BCUT2D eigenvalue weighted by Gasteiger charge is -2.13. The molecule has 0 saturated carbocycles. The number of ether oxygens (including phenoxy) is 1. The molecule has 0 aliphatic heterocycles. The Bertz CT molecular complexity index is 658. The molecule has 21 heavy (non-hydrogen) atoms. The fourth-order valence-electron chi connectivity index (χ4n) is 1.95. The number of anilines is 1. The molecule has 2 aromatic carbocycles. The Morgan fingerprint density at radius 1 is 1.29 bits per heavy atom. The summed E-state index contributed by atoms with van der Waals surface area (Å²) in [6.45, 7) is 1.83. The highest BCUT2D eigenvalue weighted by atomic mass is 35.5. The Kier molecular flexibility index (Phi) is 4.81. The van der Waals surface area contributed by atoms with Crippen LogP contribution in [0.1, 0.15) is 28.2 Å². The third kappa shape index (κ3) is 3.52. The molecule has 2 rings (SSSR count). The fourth-order valence-corrected chi connectivity index (χ4v) is 2.14. The van der Waals surface area contributed by atoms with Gasteiger partial charge in [0.05, 0.1) is 12.5 Å². The van der Waals surface area contributed by atoms with Gasteiger partial charge in [-0.3, -0.25) is 4.79 Å². The van der Waals surface area contributed by atoms with Crippen molar-refractivity contribution < 1.29 is 13.9 Å². The Hall–Kier alpha value is -2.07. The number of halogens is 2. The standard InChI is InChI=1S/C16H15ClFNO2/c1-10(17)12-5-3-4-6-14(12)19-16(20)11-7-8-13(18)15(9-11)21-2/h3-10H,1-2H3,(H,19,20). The topological polar surface area (TPSA) is 38.3 Å². The van der Waals surface area contributed by atoms with Crippen molar-refractivity contribution in [2.75, 3.05) is 12.4 Å². The number of benzene rings is 2. The maximum absolute atomic E-state index is 13.4. The maximum atomic E-state index is 13.4. The van der Waals surface area contributed by atoms with Crippen LogP contribution in [0.5, 0.6) is 5.75 Å². The third-order valence-electron chi connectivity index (χ3n) is 3.05. The van der Waals surface area contributed by atoms with Crippen LogP contribution in [-0.2, 0) is 0 Å². The minimum Gasteiger partial charge on any atom is -0.494 e. The average molecular weight is 308 g/mol. The van der Waals surface area contributed by atoms with E-state index in [4.69, 9.17) is 16.3 Å². The number of hydrogen-bond acceptors (Lipinski definition) is 2. The van der Waals surface area contributed by atoms with Crippen molar-refractivity contribution in [1.29, 1.82) is 0 Å². The van der Waals surface area contributed by atoms with Crippen molar-refractivity contribution in [3.63, 3.8) is 0 Å². The second-order valence-electron chi connectivity index (χ2n) is 4.51. The monoisotopic (exact) mass is 307 g/mol. The Morgan fingerprint density at radius 3 is 2.67 bits per heavy atom. The zero-order chi connectivity index (χ0) is 15.4. The minimum atomic E-state index is -0.510. The number of hydrogen-bond donors (Lipinski definition) is 1. The van der Waals surface area contributed by atoms with Crippen molar-refractivity contribution in [2.24, 2.45) is 0 Å². The molecular formula is C16H15ClFNO2. The molecule has 0 saturated heterocycles. The van der Waals surface area contributed by atoms with Crippen molar-refractivity contribution >= 4 is 23.2 Å². The van der Waals surface area contributed by atoms with E-state index >= 15 is 0 Å². The van der Waals surface area contributed by atoms with Crippen molar-refractivity contribution in [2.45, 2.75) is 12.3 Å². The van der Waals surface area contributed by atoms with Crippen LogP contribution in [0.15, 0.2) is 42.5 Å². The number of methoxy groups -OCH3 is 1. The zero-order valence-electron chi connectivity index (χ0n) is 11.7.